The molecule has 2 aromatic rings. The number of hydrogen-bond donors (Lipinski definition) is 2. The van der Waals surface area contributed by atoms with E-state index in [0.29, 0.717) is 10.1 Å². The first-order valence-electron chi connectivity index (χ1n) is 5.11. The zero-order valence-electron chi connectivity index (χ0n) is 9.58. The Labute approximate surface area is 107 Å². The molecule has 0 radical (unpaired) electrons. The van der Waals surface area contributed by atoms with Gasteiger partial charge in [0.15, 0.2) is 0 Å². The molecule has 2 rings (SSSR count). The number of carbonyl (C=O) groups is 1. The Morgan fingerprint density at radius 2 is 2.11 bits per heavy atom. The van der Waals surface area contributed by atoms with E-state index in [-0.39, 0.29) is 0 Å². The summed E-state index contributed by atoms with van der Waals surface area (Å²) in [6.45, 7) is -0.572. The largest absolute Gasteiger partial charge is 0.497 e. The van der Waals surface area contributed by atoms with Crippen molar-refractivity contribution in [1.29, 1.82) is 0 Å². The van der Waals surface area contributed by atoms with Crippen molar-refractivity contribution in [1.82, 2.24) is 10.2 Å². The summed E-state index contributed by atoms with van der Waals surface area (Å²) in [5.74, 6) is 0.254. The minimum Gasteiger partial charge on any atom is -0.497 e. The van der Waals surface area contributed by atoms with Crippen LogP contribution in [0.5, 0.6) is 5.75 Å². The number of benzene rings is 1. The first-order chi connectivity index (χ1) is 8.72. The van der Waals surface area contributed by atoms with E-state index in [0.717, 1.165) is 11.3 Å². The fourth-order valence-electron chi connectivity index (χ4n) is 1.28. The molecule has 94 valence electrons. The number of nitrogens with zero attached hydrogens (tertiary/aromatic N) is 2. The molecule has 0 aliphatic heterocycles. The van der Waals surface area contributed by atoms with Crippen molar-refractivity contribution in [3.63, 3.8) is 0 Å². The van der Waals surface area contributed by atoms with Gasteiger partial charge in [-0.2, -0.15) is 0 Å². The van der Waals surface area contributed by atoms with Gasteiger partial charge in [-0.05, 0) is 24.3 Å². The van der Waals surface area contributed by atoms with Crippen LogP contribution >= 0.6 is 11.3 Å². The topological polar surface area (TPSA) is 84.3 Å². The van der Waals surface area contributed by atoms with Gasteiger partial charge in [0.25, 0.3) is 5.91 Å². The van der Waals surface area contributed by atoms with Gasteiger partial charge >= 0.3 is 0 Å². The van der Waals surface area contributed by atoms with E-state index in [1.54, 1.807) is 7.11 Å². The van der Waals surface area contributed by atoms with E-state index >= 15 is 0 Å². The standard InChI is InChI=1S/C11H11N3O3S/c1-17-8-4-2-7(3-5-8)10-13-14-11(18-10)12-9(16)6-15/h2-5,15H,6H2,1H3,(H,12,14,16). The number of ether oxygens (including phenoxy) is 1. The average molecular weight is 265 g/mol. The Bertz CT molecular complexity index is 539. The van der Waals surface area contributed by atoms with Crippen LogP contribution in [0, 0.1) is 0 Å². The van der Waals surface area contributed by atoms with Gasteiger partial charge in [-0.15, -0.1) is 10.2 Å². The molecule has 0 aliphatic carbocycles. The van der Waals surface area contributed by atoms with E-state index in [1.807, 2.05) is 24.3 Å². The van der Waals surface area contributed by atoms with Crippen LogP contribution in [0.2, 0.25) is 0 Å². The molecule has 0 bridgehead atoms. The van der Waals surface area contributed by atoms with Gasteiger partial charge in [-0.3, -0.25) is 10.1 Å². The number of hydrogen-bond acceptors (Lipinski definition) is 6. The summed E-state index contributed by atoms with van der Waals surface area (Å²) >= 11 is 1.24. The number of rotatable bonds is 4. The highest BCUT2D eigenvalue weighted by atomic mass is 32.1. The highest BCUT2D eigenvalue weighted by Crippen LogP contribution is 2.27. The number of amides is 1. The van der Waals surface area contributed by atoms with Crippen LogP contribution in [-0.2, 0) is 4.79 Å². The van der Waals surface area contributed by atoms with Gasteiger partial charge in [-0.1, -0.05) is 11.3 Å². The summed E-state index contributed by atoms with van der Waals surface area (Å²) in [7, 11) is 1.60. The average Bonchev–Trinajstić information content (AvgIpc) is 2.87. The molecule has 0 spiro atoms. The first kappa shape index (κ1) is 12.5. The van der Waals surface area contributed by atoms with E-state index in [2.05, 4.69) is 15.5 Å². The van der Waals surface area contributed by atoms with Gasteiger partial charge in [-0.25, -0.2) is 0 Å². The maximum absolute atomic E-state index is 11.0. The first-order valence-corrected chi connectivity index (χ1v) is 5.93. The zero-order valence-corrected chi connectivity index (χ0v) is 10.4. The molecular weight excluding hydrogens is 254 g/mol. The molecule has 7 heteroatoms. The highest BCUT2D eigenvalue weighted by Gasteiger charge is 2.08. The monoisotopic (exact) mass is 265 g/mol. The van der Waals surface area contributed by atoms with Crippen LogP contribution in [0.4, 0.5) is 5.13 Å². The Morgan fingerprint density at radius 3 is 2.72 bits per heavy atom. The second-order valence-corrected chi connectivity index (χ2v) is 4.32. The van der Waals surface area contributed by atoms with Crippen molar-refractivity contribution in [2.24, 2.45) is 0 Å². The summed E-state index contributed by atoms with van der Waals surface area (Å²) in [4.78, 5) is 11.0. The van der Waals surface area contributed by atoms with Crippen molar-refractivity contribution >= 4 is 22.4 Å². The van der Waals surface area contributed by atoms with Crippen molar-refractivity contribution in [2.45, 2.75) is 0 Å². The molecule has 6 nitrogen and oxygen atoms in total. The molecule has 1 aromatic carbocycles. The van der Waals surface area contributed by atoms with Crippen molar-refractivity contribution < 1.29 is 14.6 Å². The molecule has 18 heavy (non-hydrogen) atoms. The van der Waals surface area contributed by atoms with E-state index in [1.165, 1.54) is 11.3 Å². The lowest BCUT2D eigenvalue weighted by Crippen LogP contribution is -2.15. The van der Waals surface area contributed by atoms with Crippen molar-refractivity contribution in [2.75, 3.05) is 19.0 Å². The molecule has 1 aromatic heterocycles. The Morgan fingerprint density at radius 1 is 1.39 bits per heavy atom. The number of nitrogens with one attached hydrogen (secondary N) is 1. The molecule has 1 heterocycles. The molecule has 0 saturated heterocycles. The lowest BCUT2D eigenvalue weighted by atomic mass is 10.2. The minimum absolute atomic E-state index is 0.361. The number of carbonyl (C=O) groups excluding carboxylic acids is 1. The van der Waals surface area contributed by atoms with Crippen LogP contribution in [0.25, 0.3) is 10.6 Å². The van der Waals surface area contributed by atoms with E-state index in [4.69, 9.17) is 9.84 Å². The van der Waals surface area contributed by atoms with Crippen LogP contribution < -0.4 is 10.1 Å². The zero-order chi connectivity index (χ0) is 13.0. The third kappa shape index (κ3) is 2.82. The number of aromatic nitrogens is 2. The minimum atomic E-state index is -0.572. The van der Waals surface area contributed by atoms with Gasteiger partial charge < -0.3 is 9.84 Å². The Kier molecular flexibility index (Phi) is 3.85. The van der Waals surface area contributed by atoms with E-state index < -0.39 is 12.5 Å². The molecule has 2 N–H and O–H groups in total. The number of aliphatic hydroxyl groups is 1. The second kappa shape index (κ2) is 5.56. The summed E-state index contributed by atoms with van der Waals surface area (Å²) in [6, 6.07) is 7.36. The molecule has 0 saturated carbocycles. The van der Waals surface area contributed by atoms with Crippen molar-refractivity contribution in [3.8, 4) is 16.3 Å². The lowest BCUT2D eigenvalue weighted by molar-refractivity contribution is -0.118. The summed E-state index contributed by atoms with van der Waals surface area (Å²) in [5, 5.41) is 19.9. The summed E-state index contributed by atoms with van der Waals surface area (Å²) < 4.78 is 5.06. The molecular formula is C11H11N3O3S. The second-order valence-electron chi connectivity index (χ2n) is 3.35. The third-order valence-electron chi connectivity index (χ3n) is 2.15. The van der Waals surface area contributed by atoms with Gasteiger partial charge in [0.2, 0.25) is 5.13 Å². The maximum Gasteiger partial charge on any atom is 0.251 e. The lowest BCUT2D eigenvalue weighted by Gasteiger charge is -1.99. The number of methoxy groups -OCH3 is 1. The normalized spacial score (nSPS) is 10.1. The Hall–Kier alpha value is -1.99. The number of anilines is 1. The number of aliphatic hydroxyl groups excluding tert-OH is 1. The SMILES string of the molecule is COc1ccc(-c2nnc(NC(=O)CO)s2)cc1. The van der Waals surface area contributed by atoms with Crippen LogP contribution in [0.3, 0.4) is 0 Å². The van der Waals surface area contributed by atoms with Gasteiger partial charge in [0.05, 0.1) is 7.11 Å². The highest BCUT2D eigenvalue weighted by molar-refractivity contribution is 7.18. The fraction of sp³-hybridized carbons (Fsp3) is 0.182. The van der Waals surface area contributed by atoms with Gasteiger partial charge in [0, 0.05) is 5.56 Å². The quantitative estimate of drug-likeness (QED) is 0.866. The van der Waals surface area contributed by atoms with E-state index in [9.17, 15) is 4.79 Å². The summed E-state index contributed by atoms with van der Waals surface area (Å²) in [6.07, 6.45) is 0. The molecule has 0 atom stereocenters. The van der Waals surface area contributed by atoms with Crippen molar-refractivity contribution in [3.05, 3.63) is 24.3 Å². The summed E-state index contributed by atoms with van der Waals surface area (Å²) in [5.41, 5.74) is 0.887. The van der Waals surface area contributed by atoms with Crippen LogP contribution in [0.15, 0.2) is 24.3 Å². The molecule has 1 amide bonds. The molecule has 0 aliphatic rings. The maximum atomic E-state index is 11.0. The molecule has 0 fully saturated rings. The smallest absolute Gasteiger partial charge is 0.251 e. The third-order valence-corrected chi connectivity index (χ3v) is 3.04. The van der Waals surface area contributed by atoms with Crippen LogP contribution in [-0.4, -0.2) is 34.9 Å². The predicted octanol–water partition coefficient (Wildman–Crippen LogP) is 1.14. The van der Waals surface area contributed by atoms with Gasteiger partial charge in [0.1, 0.15) is 17.4 Å². The fourth-order valence-corrected chi connectivity index (χ4v) is 2.05. The molecule has 0 unspecified atom stereocenters. The van der Waals surface area contributed by atoms with Crippen LogP contribution in [0.1, 0.15) is 0 Å². The predicted molar refractivity (Wildman–Crippen MR) is 67.6 cm³/mol. The Balaban J connectivity index is 2.15.